The van der Waals surface area contributed by atoms with Crippen LogP contribution in [0.5, 0.6) is 5.75 Å². The lowest BCUT2D eigenvalue weighted by Crippen LogP contribution is -2.06. The van der Waals surface area contributed by atoms with Crippen LogP contribution in [0.3, 0.4) is 0 Å². The van der Waals surface area contributed by atoms with Crippen molar-refractivity contribution < 1.29 is 9.15 Å². The summed E-state index contributed by atoms with van der Waals surface area (Å²) in [5, 5.41) is 2.30. The minimum absolute atomic E-state index is 0.615. The van der Waals surface area contributed by atoms with Gasteiger partial charge in [0.2, 0.25) is 0 Å². The lowest BCUT2D eigenvalue weighted by atomic mass is 9.89. The van der Waals surface area contributed by atoms with Gasteiger partial charge in [-0.1, -0.05) is 115 Å². The Hall–Kier alpha value is -5.08. The van der Waals surface area contributed by atoms with Crippen LogP contribution in [-0.4, -0.2) is 0 Å². The van der Waals surface area contributed by atoms with Crippen LogP contribution in [0.1, 0.15) is 5.56 Å². The third kappa shape index (κ3) is 3.57. The normalized spacial score (nSPS) is 12.2. The Morgan fingerprint density at radius 2 is 1.15 bits per heavy atom. The Labute approximate surface area is 226 Å². The summed E-state index contributed by atoms with van der Waals surface area (Å²) in [5.41, 5.74) is 12.5. The molecule has 0 radical (unpaired) electrons. The van der Waals surface area contributed by atoms with Crippen molar-refractivity contribution in [3.05, 3.63) is 139 Å². The third-order valence-electron chi connectivity index (χ3n) is 7.80. The predicted molar refractivity (Wildman–Crippen MR) is 160 cm³/mol. The number of ether oxygens (including phenoxy) is 1. The SMILES string of the molecule is c1cc(-c2ccc(-c3cccc4c3-c3ccccc3CO4)cc2)cc(-c2cccc3c2oc2ccccc23)c1. The van der Waals surface area contributed by atoms with Gasteiger partial charge in [-0.25, -0.2) is 0 Å². The molecule has 39 heavy (non-hydrogen) atoms. The van der Waals surface area contributed by atoms with E-state index in [1.54, 1.807) is 0 Å². The van der Waals surface area contributed by atoms with Crippen molar-refractivity contribution in [1.29, 1.82) is 0 Å². The number of fused-ring (bicyclic) bond motifs is 6. The summed E-state index contributed by atoms with van der Waals surface area (Å²) in [6.07, 6.45) is 0. The van der Waals surface area contributed by atoms with Gasteiger partial charge in [-0.15, -0.1) is 0 Å². The molecule has 0 unspecified atom stereocenters. The summed E-state index contributed by atoms with van der Waals surface area (Å²) < 4.78 is 12.4. The molecule has 1 aliphatic heterocycles. The highest BCUT2D eigenvalue weighted by atomic mass is 16.5. The lowest BCUT2D eigenvalue weighted by Gasteiger charge is -2.23. The fraction of sp³-hybridized carbons (Fsp3) is 0.0270. The molecule has 6 aromatic carbocycles. The molecule has 0 N–H and O–H groups in total. The van der Waals surface area contributed by atoms with Gasteiger partial charge in [-0.05, 0) is 57.1 Å². The first kappa shape index (κ1) is 22.0. The Morgan fingerprint density at radius 3 is 2.10 bits per heavy atom. The number of para-hydroxylation sites is 2. The standard InChI is InChI=1S/C37H24O2/c1-2-11-30-28(8-1)23-38-35-17-7-13-29(36(30)35)25-20-18-24(19-21-25)26-9-5-10-27(22-26)31-14-6-15-33-32-12-3-4-16-34(32)39-37(31)33/h1-22H,23H2. The van der Waals surface area contributed by atoms with Crippen LogP contribution in [0.25, 0.3) is 66.4 Å². The van der Waals surface area contributed by atoms with Crippen LogP contribution in [-0.2, 0) is 6.61 Å². The van der Waals surface area contributed by atoms with Crippen LogP contribution in [0.2, 0.25) is 0 Å². The first-order chi connectivity index (χ1) is 19.3. The maximum atomic E-state index is 6.31. The highest BCUT2D eigenvalue weighted by Crippen LogP contribution is 2.44. The van der Waals surface area contributed by atoms with Crippen LogP contribution in [0.15, 0.2) is 138 Å². The van der Waals surface area contributed by atoms with Crippen LogP contribution < -0.4 is 4.74 Å². The summed E-state index contributed by atoms with van der Waals surface area (Å²) in [5.74, 6) is 0.947. The van der Waals surface area contributed by atoms with E-state index in [0.29, 0.717) is 6.61 Å². The number of hydrogen-bond acceptors (Lipinski definition) is 2. The maximum Gasteiger partial charge on any atom is 0.143 e. The lowest BCUT2D eigenvalue weighted by molar-refractivity contribution is 0.302. The zero-order chi connectivity index (χ0) is 25.8. The highest BCUT2D eigenvalue weighted by molar-refractivity contribution is 6.09. The molecular weight excluding hydrogens is 476 g/mol. The number of benzene rings is 6. The van der Waals surface area contributed by atoms with Gasteiger partial charge in [0, 0.05) is 21.9 Å². The summed E-state index contributed by atoms with van der Waals surface area (Å²) in [6, 6.07) is 47.1. The van der Waals surface area contributed by atoms with Gasteiger partial charge in [-0.2, -0.15) is 0 Å². The van der Waals surface area contributed by atoms with Crippen molar-refractivity contribution in [2.45, 2.75) is 6.61 Å². The molecule has 2 heteroatoms. The molecule has 0 aliphatic carbocycles. The molecule has 0 saturated carbocycles. The second-order valence-corrected chi connectivity index (χ2v) is 10.1. The molecule has 0 fully saturated rings. The zero-order valence-corrected chi connectivity index (χ0v) is 21.2. The van der Waals surface area contributed by atoms with Gasteiger partial charge in [-0.3, -0.25) is 0 Å². The summed E-state index contributed by atoms with van der Waals surface area (Å²) in [7, 11) is 0. The molecule has 0 amide bonds. The van der Waals surface area contributed by atoms with Crippen molar-refractivity contribution in [2.24, 2.45) is 0 Å². The van der Waals surface area contributed by atoms with Crippen molar-refractivity contribution >= 4 is 21.9 Å². The summed E-state index contributed by atoms with van der Waals surface area (Å²) in [6.45, 7) is 0.615. The first-order valence-electron chi connectivity index (χ1n) is 13.3. The number of rotatable bonds is 3. The molecule has 0 saturated heterocycles. The van der Waals surface area contributed by atoms with E-state index in [-0.39, 0.29) is 0 Å². The molecule has 2 heterocycles. The largest absolute Gasteiger partial charge is 0.488 e. The van der Waals surface area contributed by atoms with E-state index in [0.717, 1.165) is 38.8 Å². The van der Waals surface area contributed by atoms with Crippen LogP contribution >= 0.6 is 0 Å². The smallest absolute Gasteiger partial charge is 0.143 e. The molecule has 8 rings (SSSR count). The molecular formula is C37H24O2. The van der Waals surface area contributed by atoms with Gasteiger partial charge in [0.15, 0.2) is 0 Å². The van der Waals surface area contributed by atoms with Crippen LogP contribution in [0.4, 0.5) is 0 Å². The monoisotopic (exact) mass is 500 g/mol. The third-order valence-corrected chi connectivity index (χ3v) is 7.80. The van der Waals surface area contributed by atoms with E-state index < -0.39 is 0 Å². The molecule has 2 nitrogen and oxygen atoms in total. The molecule has 0 spiro atoms. The molecule has 1 aliphatic rings. The average molecular weight is 501 g/mol. The van der Waals surface area contributed by atoms with Crippen molar-refractivity contribution in [1.82, 2.24) is 0 Å². The van der Waals surface area contributed by atoms with E-state index in [2.05, 4.69) is 121 Å². The minimum atomic E-state index is 0.615. The Kier molecular flexibility index (Phi) is 4.92. The van der Waals surface area contributed by atoms with Gasteiger partial charge >= 0.3 is 0 Å². The van der Waals surface area contributed by atoms with E-state index in [1.165, 1.54) is 38.9 Å². The fourth-order valence-corrected chi connectivity index (χ4v) is 5.90. The summed E-state index contributed by atoms with van der Waals surface area (Å²) >= 11 is 0. The topological polar surface area (TPSA) is 22.4 Å². The van der Waals surface area contributed by atoms with Gasteiger partial charge < -0.3 is 9.15 Å². The number of furan rings is 1. The molecule has 184 valence electrons. The second kappa shape index (κ2) is 8.75. The highest BCUT2D eigenvalue weighted by Gasteiger charge is 2.20. The van der Waals surface area contributed by atoms with Gasteiger partial charge in [0.25, 0.3) is 0 Å². The van der Waals surface area contributed by atoms with E-state index in [1.807, 2.05) is 12.1 Å². The molecule has 1 aromatic heterocycles. The summed E-state index contributed by atoms with van der Waals surface area (Å²) in [4.78, 5) is 0. The van der Waals surface area contributed by atoms with E-state index in [9.17, 15) is 0 Å². The first-order valence-corrected chi connectivity index (χ1v) is 13.3. The Bertz CT molecular complexity index is 2010. The minimum Gasteiger partial charge on any atom is -0.488 e. The predicted octanol–water partition coefficient (Wildman–Crippen LogP) is 10.1. The quantitative estimate of drug-likeness (QED) is 0.241. The van der Waals surface area contributed by atoms with E-state index in [4.69, 9.17) is 9.15 Å². The average Bonchev–Trinajstić information content (AvgIpc) is 3.40. The van der Waals surface area contributed by atoms with Gasteiger partial charge in [0.05, 0.1) is 0 Å². The Morgan fingerprint density at radius 1 is 0.462 bits per heavy atom. The van der Waals surface area contributed by atoms with Crippen molar-refractivity contribution in [2.75, 3.05) is 0 Å². The Balaban J connectivity index is 1.19. The zero-order valence-electron chi connectivity index (χ0n) is 21.2. The van der Waals surface area contributed by atoms with Crippen molar-refractivity contribution in [3.63, 3.8) is 0 Å². The number of hydrogen-bond donors (Lipinski definition) is 0. The van der Waals surface area contributed by atoms with Gasteiger partial charge in [0.1, 0.15) is 23.5 Å². The fourth-order valence-electron chi connectivity index (χ4n) is 5.90. The maximum absolute atomic E-state index is 6.31. The van der Waals surface area contributed by atoms with Crippen LogP contribution in [0, 0.1) is 0 Å². The molecule has 7 aromatic rings. The van der Waals surface area contributed by atoms with E-state index >= 15 is 0 Å². The molecule has 0 bridgehead atoms. The second-order valence-electron chi connectivity index (χ2n) is 10.1. The molecule has 0 atom stereocenters. The van der Waals surface area contributed by atoms with Crippen molar-refractivity contribution in [3.8, 4) is 50.3 Å².